The van der Waals surface area contributed by atoms with Crippen molar-refractivity contribution in [3.63, 3.8) is 0 Å². The van der Waals surface area contributed by atoms with Crippen LogP contribution in [0.4, 0.5) is 5.95 Å². The van der Waals surface area contributed by atoms with Crippen LogP contribution >= 0.6 is 11.6 Å². The normalized spacial score (nSPS) is 21.5. The lowest BCUT2D eigenvalue weighted by Gasteiger charge is -2.32. The predicted molar refractivity (Wildman–Crippen MR) is 103 cm³/mol. The topological polar surface area (TPSA) is 75.0 Å². The van der Waals surface area contributed by atoms with Gasteiger partial charge in [-0.15, -0.1) is 10.2 Å². The van der Waals surface area contributed by atoms with Crippen LogP contribution in [0.5, 0.6) is 0 Å². The highest BCUT2D eigenvalue weighted by molar-refractivity contribution is 6.33. The van der Waals surface area contributed by atoms with E-state index in [0.717, 1.165) is 58.2 Å². The Bertz CT molecular complexity index is 791. The lowest BCUT2D eigenvalue weighted by molar-refractivity contribution is -0.125. The molecule has 2 aliphatic heterocycles. The minimum absolute atomic E-state index is 0.0324. The molecule has 1 atom stereocenters. The number of pyridine rings is 1. The SMILES string of the molecule is O=C(NCCN1CCOCC1)[C@H]1CCCN(c2nnc3c(Cl)cccn23)C1. The summed E-state index contributed by atoms with van der Waals surface area (Å²) < 4.78 is 7.24. The molecule has 2 fully saturated rings. The lowest BCUT2D eigenvalue weighted by atomic mass is 9.97. The number of fused-ring (bicyclic) bond motifs is 1. The summed E-state index contributed by atoms with van der Waals surface area (Å²) in [5.74, 6) is 0.841. The van der Waals surface area contributed by atoms with Crippen LogP contribution in [0.15, 0.2) is 18.3 Å². The Morgan fingerprint density at radius 1 is 1.30 bits per heavy atom. The van der Waals surface area contributed by atoms with Gasteiger partial charge in [-0.05, 0) is 25.0 Å². The third kappa shape index (κ3) is 4.17. The van der Waals surface area contributed by atoms with Gasteiger partial charge < -0.3 is 15.0 Å². The van der Waals surface area contributed by atoms with E-state index in [1.807, 2.05) is 16.7 Å². The fourth-order valence-electron chi connectivity index (χ4n) is 3.77. The van der Waals surface area contributed by atoms with Crippen molar-refractivity contribution in [3.8, 4) is 0 Å². The number of piperidine rings is 1. The molecule has 2 saturated heterocycles. The zero-order chi connectivity index (χ0) is 18.6. The average Bonchev–Trinajstić information content (AvgIpc) is 3.14. The summed E-state index contributed by atoms with van der Waals surface area (Å²) in [6.45, 7) is 6.51. The van der Waals surface area contributed by atoms with Crippen LogP contribution in [0.25, 0.3) is 5.65 Å². The molecule has 0 radical (unpaired) electrons. The van der Waals surface area contributed by atoms with Crippen molar-refractivity contribution in [1.29, 1.82) is 0 Å². The zero-order valence-electron chi connectivity index (χ0n) is 15.3. The first kappa shape index (κ1) is 18.5. The van der Waals surface area contributed by atoms with Gasteiger partial charge in [0, 0.05) is 45.5 Å². The van der Waals surface area contributed by atoms with Gasteiger partial charge in [-0.25, -0.2) is 0 Å². The van der Waals surface area contributed by atoms with E-state index in [9.17, 15) is 4.79 Å². The molecule has 8 nitrogen and oxygen atoms in total. The Labute approximate surface area is 163 Å². The number of hydrogen-bond donors (Lipinski definition) is 1. The largest absolute Gasteiger partial charge is 0.379 e. The van der Waals surface area contributed by atoms with Crippen molar-refractivity contribution in [3.05, 3.63) is 23.4 Å². The number of hydrogen-bond acceptors (Lipinski definition) is 6. The highest BCUT2D eigenvalue weighted by atomic mass is 35.5. The number of amides is 1. The number of rotatable bonds is 5. The van der Waals surface area contributed by atoms with Gasteiger partial charge >= 0.3 is 0 Å². The van der Waals surface area contributed by atoms with E-state index in [0.29, 0.717) is 23.8 Å². The van der Waals surface area contributed by atoms with Gasteiger partial charge in [-0.3, -0.25) is 14.1 Å². The second kappa shape index (κ2) is 8.41. The van der Waals surface area contributed by atoms with Gasteiger partial charge in [0.2, 0.25) is 11.9 Å². The molecule has 0 unspecified atom stereocenters. The number of ether oxygens (including phenoxy) is 1. The van der Waals surface area contributed by atoms with Crippen LogP contribution in [0, 0.1) is 5.92 Å². The number of aromatic nitrogens is 3. The maximum atomic E-state index is 12.6. The third-order valence-corrected chi connectivity index (χ3v) is 5.57. The molecule has 0 spiro atoms. The van der Waals surface area contributed by atoms with E-state index in [1.54, 1.807) is 6.07 Å². The summed E-state index contributed by atoms with van der Waals surface area (Å²) in [6, 6.07) is 3.68. The summed E-state index contributed by atoms with van der Waals surface area (Å²) >= 11 is 6.19. The van der Waals surface area contributed by atoms with Crippen LogP contribution in [-0.2, 0) is 9.53 Å². The Balaban J connectivity index is 1.34. The Morgan fingerprint density at radius 3 is 3.00 bits per heavy atom. The molecule has 9 heteroatoms. The van der Waals surface area contributed by atoms with Crippen LogP contribution in [0.3, 0.4) is 0 Å². The molecule has 1 amide bonds. The molecule has 0 aromatic carbocycles. The van der Waals surface area contributed by atoms with Crippen LogP contribution < -0.4 is 10.2 Å². The molecule has 4 rings (SSSR count). The molecule has 2 aromatic rings. The second-order valence-electron chi connectivity index (χ2n) is 7.08. The molecule has 0 bridgehead atoms. The Morgan fingerprint density at radius 2 is 2.15 bits per heavy atom. The second-order valence-corrected chi connectivity index (χ2v) is 7.49. The number of carbonyl (C=O) groups excluding carboxylic acids is 1. The number of nitrogens with zero attached hydrogens (tertiary/aromatic N) is 5. The standard InChI is InChI=1S/C18H25ClN6O2/c19-15-4-2-7-25-16(15)21-22-18(25)24-6-1-3-14(13-24)17(26)20-5-8-23-9-11-27-12-10-23/h2,4,7,14H,1,3,5-6,8-13H2,(H,20,26)/t14-/m0/s1. The molecule has 1 N–H and O–H groups in total. The molecule has 27 heavy (non-hydrogen) atoms. The molecule has 0 saturated carbocycles. The van der Waals surface area contributed by atoms with Crippen molar-refractivity contribution in [2.45, 2.75) is 12.8 Å². The first-order chi connectivity index (χ1) is 13.2. The van der Waals surface area contributed by atoms with Gasteiger partial charge in [-0.1, -0.05) is 11.6 Å². The molecule has 0 aliphatic carbocycles. The van der Waals surface area contributed by atoms with Crippen molar-refractivity contribution in [2.24, 2.45) is 5.92 Å². The lowest BCUT2D eigenvalue weighted by Crippen LogP contribution is -2.46. The molecular formula is C18H25ClN6O2. The van der Waals surface area contributed by atoms with Gasteiger partial charge in [0.25, 0.3) is 0 Å². The van der Waals surface area contributed by atoms with Crippen LogP contribution in [0.2, 0.25) is 5.02 Å². The number of nitrogens with one attached hydrogen (secondary N) is 1. The van der Waals surface area contributed by atoms with Gasteiger partial charge in [0.05, 0.1) is 24.2 Å². The predicted octanol–water partition coefficient (Wildman–Crippen LogP) is 1.05. The number of halogens is 1. The van der Waals surface area contributed by atoms with E-state index < -0.39 is 0 Å². The van der Waals surface area contributed by atoms with E-state index in [2.05, 4.69) is 25.3 Å². The van der Waals surface area contributed by atoms with Crippen molar-refractivity contribution >= 4 is 29.1 Å². The zero-order valence-corrected chi connectivity index (χ0v) is 16.1. The maximum Gasteiger partial charge on any atom is 0.231 e. The molecule has 2 aromatic heterocycles. The van der Waals surface area contributed by atoms with E-state index in [4.69, 9.17) is 16.3 Å². The number of carbonyl (C=O) groups is 1. The van der Waals surface area contributed by atoms with Crippen molar-refractivity contribution in [2.75, 3.05) is 57.4 Å². The van der Waals surface area contributed by atoms with E-state index >= 15 is 0 Å². The highest BCUT2D eigenvalue weighted by Gasteiger charge is 2.28. The van der Waals surface area contributed by atoms with E-state index in [1.165, 1.54) is 0 Å². The summed E-state index contributed by atoms with van der Waals surface area (Å²) in [4.78, 5) is 17.1. The molecule has 4 heterocycles. The average molecular weight is 393 g/mol. The number of morpholine rings is 1. The maximum absolute atomic E-state index is 12.6. The third-order valence-electron chi connectivity index (χ3n) is 5.28. The Kier molecular flexibility index (Phi) is 5.75. The van der Waals surface area contributed by atoms with Crippen LogP contribution in [-0.4, -0.2) is 77.9 Å². The fourth-order valence-corrected chi connectivity index (χ4v) is 3.97. The summed E-state index contributed by atoms with van der Waals surface area (Å²) in [5, 5.41) is 12.2. The first-order valence-electron chi connectivity index (χ1n) is 9.54. The summed E-state index contributed by atoms with van der Waals surface area (Å²) in [7, 11) is 0. The Hall–Kier alpha value is -1.90. The molecular weight excluding hydrogens is 368 g/mol. The quantitative estimate of drug-likeness (QED) is 0.819. The van der Waals surface area contributed by atoms with Crippen molar-refractivity contribution < 1.29 is 9.53 Å². The van der Waals surface area contributed by atoms with Gasteiger partial charge in [-0.2, -0.15) is 0 Å². The van der Waals surface area contributed by atoms with Crippen molar-refractivity contribution in [1.82, 2.24) is 24.8 Å². The highest BCUT2D eigenvalue weighted by Crippen LogP contribution is 2.24. The van der Waals surface area contributed by atoms with Gasteiger partial charge in [0.1, 0.15) is 0 Å². The van der Waals surface area contributed by atoms with Gasteiger partial charge in [0.15, 0.2) is 5.65 Å². The fraction of sp³-hybridized carbons (Fsp3) is 0.611. The first-order valence-corrected chi connectivity index (χ1v) is 9.92. The smallest absolute Gasteiger partial charge is 0.231 e. The number of anilines is 1. The van der Waals surface area contributed by atoms with Crippen LogP contribution in [0.1, 0.15) is 12.8 Å². The summed E-state index contributed by atoms with van der Waals surface area (Å²) in [6.07, 6.45) is 3.76. The summed E-state index contributed by atoms with van der Waals surface area (Å²) in [5.41, 5.74) is 0.645. The minimum Gasteiger partial charge on any atom is -0.379 e. The van der Waals surface area contributed by atoms with E-state index in [-0.39, 0.29) is 11.8 Å². The minimum atomic E-state index is -0.0324. The molecule has 2 aliphatic rings. The monoisotopic (exact) mass is 392 g/mol. The molecule has 146 valence electrons.